The molecule has 0 amide bonds. The Morgan fingerprint density at radius 3 is 2.73 bits per heavy atom. The van der Waals surface area contributed by atoms with Gasteiger partial charge >= 0.3 is 0 Å². The van der Waals surface area contributed by atoms with E-state index in [2.05, 4.69) is 12.2 Å². The molecule has 1 N–H and O–H groups in total. The van der Waals surface area contributed by atoms with Crippen LogP contribution in [0.2, 0.25) is 0 Å². The van der Waals surface area contributed by atoms with Crippen molar-refractivity contribution < 1.29 is 12.8 Å². The highest BCUT2D eigenvalue weighted by Crippen LogP contribution is 2.24. The molecule has 2 atom stereocenters. The molecule has 1 aromatic heterocycles. The molecule has 1 aliphatic heterocycles. The van der Waals surface area contributed by atoms with Crippen molar-refractivity contribution in [1.29, 1.82) is 0 Å². The Morgan fingerprint density at radius 1 is 1.45 bits per heavy atom. The molecule has 2 rings (SSSR count). The summed E-state index contributed by atoms with van der Waals surface area (Å²) in [6.07, 6.45) is 3.53. The molecule has 0 unspecified atom stereocenters. The summed E-state index contributed by atoms with van der Waals surface area (Å²) in [7, 11) is -3.14. The first-order chi connectivity index (χ1) is 10.4. The van der Waals surface area contributed by atoms with Crippen LogP contribution in [0.4, 0.5) is 0 Å². The average molecular weight is 328 g/mol. The van der Waals surface area contributed by atoms with Crippen molar-refractivity contribution in [1.82, 2.24) is 9.62 Å². The molecule has 1 saturated heterocycles. The van der Waals surface area contributed by atoms with E-state index in [1.165, 1.54) is 0 Å². The zero-order valence-corrected chi connectivity index (χ0v) is 14.8. The number of hydrogen-bond donors (Lipinski definition) is 1. The topological polar surface area (TPSA) is 62.6 Å². The fourth-order valence-corrected chi connectivity index (χ4v) is 4.37. The molecule has 22 heavy (non-hydrogen) atoms. The Labute approximate surface area is 134 Å². The summed E-state index contributed by atoms with van der Waals surface area (Å²) in [4.78, 5) is 0. The second-order valence-corrected chi connectivity index (χ2v) is 8.91. The maximum absolute atomic E-state index is 12.3. The first-order valence-electron chi connectivity index (χ1n) is 8.11. The van der Waals surface area contributed by atoms with E-state index < -0.39 is 10.0 Å². The first-order valence-corrected chi connectivity index (χ1v) is 9.61. The van der Waals surface area contributed by atoms with Crippen molar-refractivity contribution in [3.8, 4) is 0 Å². The summed E-state index contributed by atoms with van der Waals surface area (Å²) in [5, 5.41) is 3.20. The smallest absolute Gasteiger partial charge is 0.216 e. The summed E-state index contributed by atoms with van der Waals surface area (Å²) in [6, 6.07) is 2.31. The fourth-order valence-electron chi connectivity index (χ4n) is 3.02. The van der Waals surface area contributed by atoms with E-state index in [0.29, 0.717) is 31.6 Å². The highest BCUT2D eigenvalue weighted by molar-refractivity contribution is 7.89. The Bertz CT molecular complexity index is 580. The van der Waals surface area contributed by atoms with Crippen LogP contribution in [0.25, 0.3) is 0 Å². The van der Waals surface area contributed by atoms with E-state index in [-0.39, 0.29) is 5.25 Å². The third-order valence-electron chi connectivity index (χ3n) is 4.67. The molecule has 1 fully saturated rings. The Hall–Kier alpha value is -0.850. The number of piperidine rings is 1. The van der Waals surface area contributed by atoms with Gasteiger partial charge in [0.2, 0.25) is 10.0 Å². The zero-order valence-electron chi connectivity index (χ0n) is 14.0. The molecule has 0 aromatic carbocycles. The third-order valence-corrected chi connectivity index (χ3v) is 6.91. The quantitative estimate of drug-likeness (QED) is 0.871. The van der Waals surface area contributed by atoms with E-state index in [9.17, 15) is 8.42 Å². The van der Waals surface area contributed by atoms with Gasteiger partial charge in [0.15, 0.2) is 0 Å². The van der Waals surface area contributed by atoms with E-state index in [4.69, 9.17) is 4.42 Å². The van der Waals surface area contributed by atoms with Crippen molar-refractivity contribution in [3.05, 3.63) is 23.7 Å². The van der Waals surface area contributed by atoms with Crippen LogP contribution in [-0.2, 0) is 16.6 Å². The van der Waals surface area contributed by atoms with Crippen LogP contribution in [0.3, 0.4) is 0 Å². The van der Waals surface area contributed by atoms with Crippen LogP contribution in [0.1, 0.15) is 44.9 Å². The predicted octanol–water partition coefficient (Wildman–Crippen LogP) is 2.52. The van der Waals surface area contributed by atoms with Gasteiger partial charge in [-0.3, -0.25) is 0 Å². The van der Waals surface area contributed by atoms with Crippen LogP contribution in [0.5, 0.6) is 0 Å². The summed E-state index contributed by atoms with van der Waals surface area (Å²) in [6.45, 7) is 9.59. The molecule has 1 aromatic rings. The molecule has 6 heteroatoms. The van der Waals surface area contributed by atoms with Crippen molar-refractivity contribution in [2.45, 2.75) is 58.4 Å². The van der Waals surface area contributed by atoms with Crippen LogP contribution in [-0.4, -0.2) is 37.1 Å². The van der Waals surface area contributed by atoms with Gasteiger partial charge in [-0.15, -0.1) is 0 Å². The normalized spacial score (nSPS) is 24.0. The van der Waals surface area contributed by atoms with Crippen LogP contribution >= 0.6 is 0 Å². The lowest BCUT2D eigenvalue weighted by Gasteiger charge is -2.38. The van der Waals surface area contributed by atoms with Gasteiger partial charge < -0.3 is 9.73 Å². The Kier molecular flexibility index (Phi) is 5.69. The number of aryl methyl sites for hydroxylation is 1. The molecule has 2 heterocycles. The summed E-state index contributed by atoms with van der Waals surface area (Å²) in [5.41, 5.74) is 1.15. The van der Waals surface area contributed by atoms with E-state index >= 15 is 0 Å². The lowest BCUT2D eigenvalue weighted by atomic mass is 9.91. The number of hydrogen-bond acceptors (Lipinski definition) is 4. The molecular weight excluding hydrogens is 300 g/mol. The monoisotopic (exact) mass is 328 g/mol. The SMILES string of the molecule is CC[C@H]1CN(S(=O)(=O)C(C)C)CC[C@H]1NCc1occc1C. The van der Waals surface area contributed by atoms with Gasteiger partial charge in [0, 0.05) is 19.1 Å². The Morgan fingerprint density at radius 2 is 2.18 bits per heavy atom. The van der Waals surface area contributed by atoms with Crippen LogP contribution in [0, 0.1) is 12.8 Å². The van der Waals surface area contributed by atoms with Gasteiger partial charge in [-0.05, 0) is 44.7 Å². The minimum absolute atomic E-state index is 0.341. The maximum Gasteiger partial charge on any atom is 0.216 e. The average Bonchev–Trinajstić information content (AvgIpc) is 2.90. The maximum atomic E-state index is 12.3. The minimum Gasteiger partial charge on any atom is -0.468 e. The second kappa shape index (κ2) is 7.15. The molecule has 0 aliphatic carbocycles. The number of furan rings is 1. The standard InChI is InChI=1S/C16H28N2O3S/c1-5-14-11-18(22(19,20)12(2)3)8-6-15(14)17-10-16-13(4)7-9-21-16/h7,9,12,14-15,17H,5-6,8,10-11H2,1-4H3/t14-,15+/m0/s1. The third kappa shape index (κ3) is 3.73. The van der Waals surface area contributed by atoms with E-state index in [1.807, 2.05) is 13.0 Å². The number of rotatable bonds is 6. The molecule has 5 nitrogen and oxygen atoms in total. The molecule has 0 bridgehead atoms. The predicted molar refractivity (Wildman–Crippen MR) is 88.1 cm³/mol. The van der Waals surface area contributed by atoms with Crippen LogP contribution < -0.4 is 5.32 Å². The molecular formula is C16H28N2O3S. The van der Waals surface area contributed by atoms with E-state index in [0.717, 1.165) is 24.2 Å². The number of nitrogens with zero attached hydrogens (tertiary/aromatic N) is 1. The van der Waals surface area contributed by atoms with Gasteiger partial charge in [-0.2, -0.15) is 0 Å². The van der Waals surface area contributed by atoms with Crippen LogP contribution in [0.15, 0.2) is 16.7 Å². The molecule has 126 valence electrons. The Balaban J connectivity index is 1.97. The second-order valence-electron chi connectivity index (χ2n) is 6.42. The first kappa shape index (κ1) is 17.5. The highest BCUT2D eigenvalue weighted by Gasteiger charge is 2.35. The molecule has 0 spiro atoms. The molecule has 0 radical (unpaired) electrons. The van der Waals surface area contributed by atoms with Gasteiger partial charge in [0.05, 0.1) is 18.1 Å². The molecule has 0 saturated carbocycles. The minimum atomic E-state index is -3.14. The van der Waals surface area contributed by atoms with Crippen molar-refractivity contribution >= 4 is 10.0 Å². The summed E-state index contributed by atoms with van der Waals surface area (Å²) in [5.74, 6) is 1.31. The van der Waals surface area contributed by atoms with E-state index in [1.54, 1.807) is 24.4 Å². The van der Waals surface area contributed by atoms with Crippen molar-refractivity contribution in [3.63, 3.8) is 0 Å². The fraction of sp³-hybridized carbons (Fsp3) is 0.750. The lowest BCUT2D eigenvalue weighted by molar-refractivity contribution is 0.197. The summed E-state index contributed by atoms with van der Waals surface area (Å²) >= 11 is 0. The van der Waals surface area contributed by atoms with Crippen molar-refractivity contribution in [2.75, 3.05) is 13.1 Å². The molecule has 1 aliphatic rings. The number of nitrogens with one attached hydrogen (secondary N) is 1. The van der Waals surface area contributed by atoms with Gasteiger partial charge in [0.1, 0.15) is 5.76 Å². The van der Waals surface area contributed by atoms with Gasteiger partial charge in [-0.25, -0.2) is 12.7 Å². The lowest BCUT2D eigenvalue weighted by Crippen LogP contribution is -2.51. The summed E-state index contributed by atoms with van der Waals surface area (Å²) < 4.78 is 31.8. The number of sulfonamides is 1. The highest BCUT2D eigenvalue weighted by atomic mass is 32.2. The van der Waals surface area contributed by atoms with Gasteiger partial charge in [-0.1, -0.05) is 13.3 Å². The van der Waals surface area contributed by atoms with Gasteiger partial charge in [0.25, 0.3) is 0 Å². The van der Waals surface area contributed by atoms with Crippen molar-refractivity contribution in [2.24, 2.45) is 5.92 Å². The largest absolute Gasteiger partial charge is 0.468 e. The zero-order chi connectivity index (χ0) is 16.3.